The fourth-order valence-corrected chi connectivity index (χ4v) is 4.75. The maximum atomic E-state index is 12.7. The van der Waals surface area contributed by atoms with E-state index < -0.39 is 17.5 Å². The summed E-state index contributed by atoms with van der Waals surface area (Å²) in [6.45, 7) is 2.45. The van der Waals surface area contributed by atoms with Gasteiger partial charge < -0.3 is 19.3 Å². The van der Waals surface area contributed by atoms with Gasteiger partial charge in [0.2, 0.25) is 5.88 Å². The SMILES string of the molecule is CC1(C(=O)O)CCN(C(=O)c2cc(NC(=O)OCC3c4ccccc4-c4ccccc43)on2)CC1. The van der Waals surface area contributed by atoms with Crippen LogP contribution in [-0.4, -0.2) is 52.8 Å². The van der Waals surface area contributed by atoms with Crippen LogP contribution < -0.4 is 5.32 Å². The molecule has 35 heavy (non-hydrogen) atoms. The van der Waals surface area contributed by atoms with Crippen LogP contribution in [0.5, 0.6) is 0 Å². The monoisotopic (exact) mass is 475 g/mol. The molecule has 9 heteroatoms. The zero-order valence-electron chi connectivity index (χ0n) is 19.2. The van der Waals surface area contributed by atoms with Crippen molar-refractivity contribution in [2.24, 2.45) is 5.41 Å². The summed E-state index contributed by atoms with van der Waals surface area (Å²) in [5, 5.41) is 15.6. The molecule has 2 aliphatic rings. The summed E-state index contributed by atoms with van der Waals surface area (Å²) in [6, 6.07) is 17.5. The van der Waals surface area contributed by atoms with Crippen molar-refractivity contribution in [3.05, 3.63) is 71.4 Å². The summed E-state index contributed by atoms with van der Waals surface area (Å²) >= 11 is 0. The molecule has 1 fully saturated rings. The number of anilines is 1. The van der Waals surface area contributed by atoms with Crippen LogP contribution in [0.15, 0.2) is 59.1 Å². The number of amides is 2. The van der Waals surface area contributed by atoms with E-state index in [2.05, 4.69) is 22.6 Å². The molecule has 2 amide bonds. The van der Waals surface area contributed by atoms with Crippen LogP contribution in [0.3, 0.4) is 0 Å². The molecule has 180 valence electrons. The second kappa shape index (κ2) is 8.90. The van der Waals surface area contributed by atoms with E-state index in [0.717, 1.165) is 22.3 Å². The van der Waals surface area contributed by atoms with Gasteiger partial charge in [0.25, 0.3) is 5.91 Å². The largest absolute Gasteiger partial charge is 0.481 e. The number of carboxylic acids is 1. The predicted molar refractivity (Wildman–Crippen MR) is 126 cm³/mol. The van der Waals surface area contributed by atoms with Crippen LogP contribution in [0.4, 0.5) is 10.7 Å². The number of fused-ring (bicyclic) bond motifs is 3. The fourth-order valence-electron chi connectivity index (χ4n) is 4.75. The number of ether oxygens (including phenoxy) is 1. The van der Waals surface area contributed by atoms with E-state index in [1.54, 1.807) is 11.8 Å². The number of carboxylic acid groups (broad SMARTS) is 1. The first-order chi connectivity index (χ1) is 16.9. The molecule has 0 bridgehead atoms. The Bertz CT molecular complexity index is 1250. The van der Waals surface area contributed by atoms with Gasteiger partial charge in [0.15, 0.2) is 5.69 Å². The number of piperidine rings is 1. The second-order valence-corrected chi connectivity index (χ2v) is 9.18. The van der Waals surface area contributed by atoms with Crippen molar-refractivity contribution in [3.8, 4) is 11.1 Å². The number of nitrogens with zero attached hydrogens (tertiary/aromatic N) is 2. The summed E-state index contributed by atoms with van der Waals surface area (Å²) in [5.41, 5.74) is 3.69. The summed E-state index contributed by atoms with van der Waals surface area (Å²) in [7, 11) is 0. The molecule has 2 aromatic carbocycles. The van der Waals surface area contributed by atoms with Gasteiger partial charge in [-0.3, -0.25) is 14.9 Å². The van der Waals surface area contributed by atoms with Crippen molar-refractivity contribution in [1.82, 2.24) is 10.1 Å². The van der Waals surface area contributed by atoms with Gasteiger partial charge in [-0.25, -0.2) is 4.79 Å². The Kier molecular flexibility index (Phi) is 5.76. The van der Waals surface area contributed by atoms with E-state index in [9.17, 15) is 19.5 Å². The summed E-state index contributed by atoms with van der Waals surface area (Å²) in [4.78, 5) is 38.1. The van der Waals surface area contributed by atoms with Crippen LogP contribution in [0.1, 0.15) is 47.3 Å². The van der Waals surface area contributed by atoms with Crippen molar-refractivity contribution >= 4 is 23.9 Å². The van der Waals surface area contributed by atoms with Crippen molar-refractivity contribution in [2.45, 2.75) is 25.7 Å². The van der Waals surface area contributed by atoms with Crippen LogP contribution in [0, 0.1) is 5.41 Å². The highest BCUT2D eigenvalue weighted by atomic mass is 16.6. The topological polar surface area (TPSA) is 122 Å². The Labute approximate surface area is 201 Å². The van der Waals surface area contributed by atoms with Crippen molar-refractivity contribution in [3.63, 3.8) is 0 Å². The maximum Gasteiger partial charge on any atom is 0.414 e. The molecule has 0 saturated carbocycles. The number of aromatic nitrogens is 1. The molecule has 0 radical (unpaired) electrons. The number of carbonyl (C=O) groups excluding carboxylic acids is 2. The molecule has 1 aliphatic carbocycles. The third-order valence-electron chi connectivity index (χ3n) is 6.97. The summed E-state index contributed by atoms with van der Waals surface area (Å²) in [6.07, 6.45) is 0.00492. The quantitative estimate of drug-likeness (QED) is 0.562. The standard InChI is InChI=1S/C26H25N3O6/c1-26(24(31)32)10-12-29(13-11-26)23(30)21-14-22(35-28-21)27-25(33)34-15-20-18-8-4-2-6-16(18)17-7-3-5-9-19(17)20/h2-9,14,20H,10-13,15H2,1H3,(H,27,33)(H,31,32). The molecule has 9 nitrogen and oxygen atoms in total. The average Bonchev–Trinajstić information content (AvgIpc) is 3.45. The molecular formula is C26H25N3O6. The number of nitrogens with one attached hydrogen (secondary N) is 1. The lowest BCUT2D eigenvalue weighted by Crippen LogP contribution is -2.45. The highest BCUT2D eigenvalue weighted by molar-refractivity contribution is 5.94. The normalized spacial score (nSPS) is 16.3. The van der Waals surface area contributed by atoms with Gasteiger partial charge in [0, 0.05) is 25.1 Å². The van der Waals surface area contributed by atoms with Crippen molar-refractivity contribution < 1.29 is 28.8 Å². The zero-order valence-corrected chi connectivity index (χ0v) is 19.2. The second-order valence-electron chi connectivity index (χ2n) is 9.18. The van der Waals surface area contributed by atoms with Gasteiger partial charge in [0.1, 0.15) is 6.61 Å². The van der Waals surface area contributed by atoms with Gasteiger partial charge in [-0.15, -0.1) is 0 Å². The molecule has 2 heterocycles. The molecular weight excluding hydrogens is 450 g/mol. The number of aliphatic carboxylic acids is 1. The first kappa shape index (κ1) is 22.6. The van der Waals surface area contributed by atoms with E-state index in [-0.39, 0.29) is 30.0 Å². The van der Waals surface area contributed by atoms with Crippen molar-refractivity contribution in [1.29, 1.82) is 0 Å². The highest BCUT2D eigenvalue weighted by Crippen LogP contribution is 2.44. The van der Waals surface area contributed by atoms with Crippen LogP contribution in [0.2, 0.25) is 0 Å². The molecule has 2 N–H and O–H groups in total. The average molecular weight is 476 g/mol. The Morgan fingerprint density at radius 2 is 1.69 bits per heavy atom. The third kappa shape index (κ3) is 4.25. The number of benzene rings is 2. The Hall–Kier alpha value is -4.14. The molecule has 3 aromatic rings. The molecule has 0 unspecified atom stereocenters. The lowest BCUT2D eigenvalue weighted by Gasteiger charge is -2.36. The number of rotatable bonds is 5. The fraction of sp³-hybridized carbons (Fsp3) is 0.308. The zero-order chi connectivity index (χ0) is 24.6. The molecule has 1 aromatic heterocycles. The van der Waals surface area contributed by atoms with Crippen LogP contribution in [0.25, 0.3) is 11.1 Å². The van der Waals surface area contributed by atoms with Crippen LogP contribution in [-0.2, 0) is 9.53 Å². The summed E-state index contributed by atoms with van der Waals surface area (Å²) < 4.78 is 10.6. The first-order valence-corrected chi connectivity index (χ1v) is 11.5. The minimum Gasteiger partial charge on any atom is -0.481 e. The third-order valence-corrected chi connectivity index (χ3v) is 6.97. The summed E-state index contributed by atoms with van der Waals surface area (Å²) in [5.74, 6) is -1.31. The molecule has 5 rings (SSSR count). The van der Waals surface area contributed by atoms with Gasteiger partial charge in [0.05, 0.1) is 5.41 Å². The van der Waals surface area contributed by atoms with E-state index in [0.29, 0.717) is 25.9 Å². The van der Waals surface area contributed by atoms with E-state index in [1.165, 1.54) is 6.07 Å². The maximum absolute atomic E-state index is 12.7. The van der Waals surface area contributed by atoms with Gasteiger partial charge in [-0.1, -0.05) is 53.7 Å². The number of likely N-dealkylation sites (tertiary alicyclic amines) is 1. The molecule has 1 aliphatic heterocycles. The highest BCUT2D eigenvalue weighted by Gasteiger charge is 2.38. The lowest BCUT2D eigenvalue weighted by molar-refractivity contribution is -0.150. The van der Waals surface area contributed by atoms with E-state index >= 15 is 0 Å². The predicted octanol–water partition coefficient (Wildman–Crippen LogP) is 4.36. The smallest absolute Gasteiger partial charge is 0.414 e. The molecule has 0 spiro atoms. The van der Waals surface area contributed by atoms with Gasteiger partial charge in [-0.2, -0.15) is 0 Å². The number of hydrogen-bond acceptors (Lipinski definition) is 6. The molecule has 0 atom stereocenters. The van der Waals surface area contributed by atoms with E-state index in [1.807, 2.05) is 36.4 Å². The van der Waals surface area contributed by atoms with Crippen molar-refractivity contribution in [2.75, 3.05) is 25.0 Å². The first-order valence-electron chi connectivity index (χ1n) is 11.5. The minimum atomic E-state index is -0.861. The Morgan fingerprint density at radius 1 is 1.09 bits per heavy atom. The molecule has 1 saturated heterocycles. The Balaban J connectivity index is 1.18. The number of hydrogen-bond donors (Lipinski definition) is 2. The van der Waals surface area contributed by atoms with E-state index in [4.69, 9.17) is 9.26 Å². The van der Waals surface area contributed by atoms with Gasteiger partial charge in [-0.05, 0) is 42.0 Å². The minimum absolute atomic E-state index is 0.00189. The van der Waals surface area contributed by atoms with Gasteiger partial charge >= 0.3 is 12.1 Å². The number of carbonyl (C=O) groups is 3. The lowest BCUT2D eigenvalue weighted by atomic mass is 9.80. The Morgan fingerprint density at radius 3 is 2.29 bits per heavy atom. The van der Waals surface area contributed by atoms with Crippen LogP contribution >= 0.6 is 0 Å².